The van der Waals surface area contributed by atoms with E-state index in [0.29, 0.717) is 30.6 Å². The number of para-hydroxylation sites is 1. The summed E-state index contributed by atoms with van der Waals surface area (Å²) in [6.07, 6.45) is 2.29. The van der Waals surface area contributed by atoms with Gasteiger partial charge in [0.2, 0.25) is 11.8 Å². The molecule has 0 radical (unpaired) electrons. The first kappa shape index (κ1) is 19.8. The summed E-state index contributed by atoms with van der Waals surface area (Å²) in [6.45, 7) is 0.813. The lowest BCUT2D eigenvalue weighted by atomic mass is 9.98. The second-order valence-corrected chi connectivity index (χ2v) is 8.11. The largest absolute Gasteiger partial charge is 0.361 e. The van der Waals surface area contributed by atoms with E-state index in [0.717, 1.165) is 16.5 Å². The van der Waals surface area contributed by atoms with Crippen LogP contribution in [0.25, 0.3) is 10.9 Å². The highest BCUT2D eigenvalue weighted by molar-refractivity contribution is 5.99. The summed E-state index contributed by atoms with van der Waals surface area (Å²) in [7, 11) is 0. The van der Waals surface area contributed by atoms with Crippen molar-refractivity contribution in [1.29, 1.82) is 5.26 Å². The van der Waals surface area contributed by atoms with E-state index in [2.05, 4.69) is 10.3 Å². The van der Waals surface area contributed by atoms with E-state index in [9.17, 15) is 14.4 Å². The maximum absolute atomic E-state index is 13.2. The SMILES string of the molecule is N#Cc1ccc(C(=O)N2CCN3C(=O)[C@H](Cc4c[nH]c5ccccc45)NC(=O)[C@H]3C2)cc1. The Bertz CT molecular complexity index is 1260. The predicted octanol–water partition coefficient (Wildman–Crippen LogP) is 1.43. The molecule has 5 rings (SSSR count). The van der Waals surface area contributed by atoms with Crippen LogP contribution in [0.5, 0.6) is 0 Å². The number of aromatic amines is 1. The van der Waals surface area contributed by atoms with E-state index in [1.165, 1.54) is 0 Å². The summed E-state index contributed by atoms with van der Waals surface area (Å²) in [5, 5.41) is 12.8. The molecule has 3 amide bonds. The number of nitrogens with zero attached hydrogens (tertiary/aromatic N) is 3. The highest BCUT2D eigenvalue weighted by Crippen LogP contribution is 2.23. The minimum atomic E-state index is -0.696. The van der Waals surface area contributed by atoms with Gasteiger partial charge in [-0.25, -0.2) is 0 Å². The first-order chi connectivity index (χ1) is 15.5. The molecule has 0 bridgehead atoms. The summed E-state index contributed by atoms with van der Waals surface area (Å²) < 4.78 is 0. The van der Waals surface area contributed by atoms with Crippen LogP contribution in [0, 0.1) is 11.3 Å². The Hall–Kier alpha value is -4.12. The Morgan fingerprint density at radius 3 is 2.66 bits per heavy atom. The summed E-state index contributed by atoms with van der Waals surface area (Å²) >= 11 is 0. The Kier molecular flexibility index (Phi) is 4.86. The van der Waals surface area contributed by atoms with Crippen LogP contribution in [0.3, 0.4) is 0 Å². The number of H-pyrrole nitrogens is 1. The third kappa shape index (κ3) is 3.38. The van der Waals surface area contributed by atoms with Crippen molar-refractivity contribution < 1.29 is 14.4 Å². The quantitative estimate of drug-likeness (QED) is 0.659. The Morgan fingerprint density at radius 1 is 1.09 bits per heavy atom. The molecule has 2 aliphatic rings. The average Bonchev–Trinajstić information content (AvgIpc) is 3.24. The normalized spacial score (nSPS) is 20.6. The van der Waals surface area contributed by atoms with Crippen LogP contribution < -0.4 is 5.32 Å². The number of nitrogens with one attached hydrogen (secondary N) is 2. The number of aromatic nitrogens is 1. The molecule has 2 N–H and O–H groups in total. The molecule has 0 saturated carbocycles. The van der Waals surface area contributed by atoms with Crippen molar-refractivity contribution >= 4 is 28.6 Å². The van der Waals surface area contributed by atoms with Crippen LogP contribution in [0.1, 0.15) is 21.5 Å². The molecule has 3 aromatic rings. The molecule has 0 aliphatic carbocycles. The van der Waals surface area contributed by atoms with Crippen molar-refractivity contribution in [3.63, 3.8) is 0 Å². The zero-order chi connectivity index (χ0) is 22.2. The molecule has 2 fully saturated rings. The Balaban J connectivity index is 1.30. The monoisotopic (exact) mass is 427 g/mol. The van der Waals surface area contributed by atoms with Crippen molar-refractivity contribution in [3.8, 4) is 6.07 Å². The highest BCUT2D eigenvalue weighted by atomic mass is 16.2. The van der Waals surface area contributed by atoms with Gasteiger partial charge in [0.05, 0.1) is 18.2 Å². The van der Waals surface area contributed by atoms with E-state index < -0.39 is 12.1 Å². The van der Waals surface area contributed by atoms with E-state index in [1.54, 1.807) is 34.1 Å². The zero-order valence-corrected chi connectivity index (χ0v) is 17.2. The maximum Gasteiger partial charge on any atom is 0.253 e. The third-order valence-corrected chi connectivity index (χ3v) is 6.23. The molecule has 0 unspecified atom stereocenters. The number of piperazine rings is 2. The summed E-state index contributed by atoms with van der Waals surface area (Å²) in [4.78, 5) is 45.3. The van der Waals surface area contributed by atoms with Crippen LogP contribution in [0.15, 0.2) is 54.7 Å². The predicted molar refractivity (Wildman–Crippen MR) is 116 cm³/mol. The molecule has 2 atom stereocenters. The summed E-state index contributed by atoms with van der Waals surface area (Å²) in [5.41, 5.74) is 2.90. The smallest absolute Gasteiger partial charge is 0.253 e. The van der Waals surface area contributed by atoms with Crippen LogP contribution in [0.4, 0.5) is 0 Å². The molecule has 2 saturated heterocycles. The number of rotatable bonds is 3. The lowest BCUT2D eigenvalue weighted by molar-refractivity contribution is -0.152. The molecular weight excluding hydrogens is 406 g/mol. The highest BCUT2D eigenvalue weighted by Gasteiger charge is 2.44. The fourth-order valence-electron chi connectivity index (χ4n) is 4.51. The molecule has 2 aromatic carbocycles. The Morgan fingerprint density at radius 2 is 1.88 bits per heavy atom. The number of fused-ring (bicyclic) bond motifs is 2. The van der Waals surface area contributed by atoms with Crippen LogP contribution in [-0.2, 0) is 16.0 Å². The summed E-state index contributed by atoms with van der Waals surface area (Å²) in [5.74, 6) is -0.576. The molecule has 160 valence electrons. The number of hydrogen-bond acceptors (Lipinski definition) is 4. The van der Waals surface area contributed by atoms with Gasteiger partial charge in [-0.05, 0) is 35.9 Å². The standard InChI is InChI=1S/C24H21N5O3/c25-12-15-5-7-16(8-6-15)23(31)28-9-10-29-21(14-28)22(30)27-20(24(29)32)11-17-13-26-19-4-2-1-3-18(17)19/h1-8,13,20-21,26H,9-11,14H2,(H,27,30)/t20-,21+/m0/s1. The molecule has 3 heterocycles. The van der Waals surface area contributed by atoms with E-state index >= 15 is 0 Å². The van der Waals surface area contributed by atoms with E-state index in [-0.39, 0.29) is 24.3 Å². The van der Waals surface area contributed by atoms with Crippen molar-refractivity contribution in [3.05, 3.63) is 71.4 Å². The molecule has 2 aliphatic heterocycles. The molecule has 8 nitrogen and oxygen atoms in total. The van der Waals surface area contributed by atoms with Crippen molar-refractivity contribution in [1.82, 2.24) is 20.1 Å². The maximum atomic E-state index is 13.2. The molecular formula is C24H21N5O3. The number of amides is 3. The van der Waals surface area contributed by atoms with Crippen LogP contribution >= 0.6 is 0 Å². The second-order valence-electron chi connectivity index (χ2n) is 8.11. The van der Waals surface area contributed by atoms with Crippen LogP contribution in [0.2, 0.25) is 0 Å². The van der Waals surface area contributed by atoms with E-state index in [4.69, 9.17) is 5.26 Å². The lowest BCUT2D eigenvalue weighted by Crippen LogP contribution is -2.70. The summed E-state index contributed by atoms with van der Waals surface area (Å²) in [6, 6.07) is 15.0. The van der Waals surface area contributed by atoms with E-state index in [1.807, 2.05) is 36.5 Å². The Labute approximate surface area is 184 Å². The van der Waals surface area contributed by atoms with Crippen molar-refractivity contribution in [2.45, 2.75) is 18.5 Å². The minimum absolute atomic E-state index is 0.120. The fourth-order valence-corrected chi connectivity index (χ4v) is 4.51. The van der Waals surface area contributed by atoms with Crippen molar-refractivity contribution in [2.24, 2.45) is 0 Å². The van der Waals surface area contributed by atoms with Gasteiger partial charge in [0.1, 0.15) is 12.1 Å². The number of benzene rings is 2. The van der Waals surface area contributed by atoms with Gasteiger partial charge in [0, 0.05) is 42.2 Å². The van der Waals surface area contributed by atoms with Gasteiger partial charge in [-0.2, -0.15) is 5.26 Å². The minimum Gasteiger partial charge on any atom is -0.361 e. The van der Waals surface area contributed by atoms with Gasteiger partial charge >= 0.3 is 0 Å². The second kappa shape index (κ2) is 7.85. The number of carbonyl (C=O) groups excluding carboxylic acids is 3. The van der Waals surface area contributed by atoms with Crippen molar-refractivity contribution in [2.75, 3.05) is 19.6 Å². The first-order valence-corrected chi connectivity index (χ1v) is 10.5. The number of nitriles is 1. The van der Waals surface area contributed by atoms with Gasteiger partial charge in [-0.1, -0.05) is 18.2 Å². The molecule has 8 heteroatoms. The van der Waals surface area contributed by atoms with Gasteiger partial charge in [0.25, 0.3) is 5.91 Å². The molecule has 32 heavy (non-hydrogen) atoms. The van der Waals surface area contributed by atoms with Gasteiger partial charge in [-0.15, -0.1) is 0 Å². The average molecular weight is 427 g/mol. The number of hydrogen-bond donors (Lipinski definition) is 2. The lowest BCUT2D eigenvalue weighted by Gasteiger charge is -2.45. The first-order valence-electron chi connectivity index (χ1n) is 10.5. The fraction of sp³-hybridized carbons (Fsp3) is 0.250. The van der Waals surface area contributed by atoms with Gasteiger partial charge < -0.3 is 20.1 Å². The zero-order valence-electron chi connectivity index (χ0n) is 17.2. The van der Waals surface area contributed by atoms with Gasteiger partial charge in [0.15, 0.2) is 0 Å². The molecule has 0 spiro atoms. The topological polar surface area (TPSA) is 109 Å². The van der Waals surface area contributed by atoms with Crippen LogP contribution in [-0.4, -0.2) is 64.2 Å². The number of carbonyl (C=O) groups is 3. The third-order valence-electron chi connectivity index (χ3n) is 6.23. The van der Waals surface area contributed by atoms with Gasteiger partial charge in [-0.3, -0.25) is 14.4 Å². The molecule has 1 aromatic heterocycles.